The lowest BCUT2D eigenvalue weighted by atomic mass is 9.93. The van der Waals surface area contributed by atoms with Crippen molar-refractivity contribution >= 4 is 11.9 Å². The topological polar surface area (TPSA) is 56.7 Å². The fourth-order valence-electron chi connectivity index (χ4n) is 2.67. The second-order valence-electron chi connectivity index (χ2n) is 7.02. The van der Waals surface area contributed by atoms with Crippen molar-refractivity contribution in [2.75, 3.05) is 26.2 Å². The van der Waals surface area contributed by atoms with Crippen LogP contribution in [0, 0.1) is 5.41 Å². The van der Waals surface area contributed by atoms with E-state index in [9.17, 15) is 4.79 Å². The minimum atomic E-state index is 0.181. The van der Waals surface area contributed by atoms with Crippen LogP contribution < -0.4 is 10.6 Å². The van der Waals surface area contributed by atoms with Gasteiger partial charge >= 0.3 is 0 Å². The molecule has 0 aromatic heterocycles. The maximum atomic E-state index is 11.6. The molecule has 1 heterocycles. The molecule has 21 heavy (non-hydrogen) atoms. The molecular weight excluding hydrogens is 264 g/mol. The minimum absolute atomic E-state index is 0.181. The van der Waals surface area contributed by atoms with Gasteiger partial charge in [0.05, 0.1) is 0 Å². The van der Waals surface area contributed by atoms with Crippen molar-refractivity contribution in [3.8, 4) is 0 Å². The first-order valence-corrected chi connectivity index (χ1v) is 8.33. The minimum Gasteiger partial charge on any atom is -0.357 e. The second-order valence-corrected chi connectivity index (χ2v) is 7.02. The summed E-state index contributed by atoms with van der Waals surface area (Å²) in [5.41, 5.74) is 0.375. The lowest BCUT2D eigenvalue weighted by molar-refractivity contribution is -0.121. The highest BCUT2D eigenvalue weighted by Gasteiger charge is 2.30. The van der Waals surface area contributed by atoms with Crippen molar-refractivity contribution in [1.29, 1.82) is 0 Å². The first-order chi connectivity index (χ1) is 10.00. The van der Waals surface area contributed by atoms with E-state index in [0.29, 0.717) is 17.9 Å². The van der Waals surface area contributed by atoms with Gasteiger partial charge in [-0.2, -0.15) is 0 Å². The zero-order valence-corrected chi connectivity index (χ0v) is 13.7. The van der Waals surface area contributed by atoms with E-state index < -0.39 is 0 Å². The number of aliphatic imine (C=N–C) groups is 1. The van der Waals surface area contributed by atoms with Gasteiger partial charge in [-0.25, -0.2) is 0 Å². The summed E-state index contributed by atoms with van der Waals surface area (Å²) in [6, 6.07) is 0.463. The zero-order valence-electron chi connectivity index (χ0n) is 13.7. The van der Waals surface area contributed by atoms with Crippen molar-refractivity contribution in [2.45, 2.75) is 58.9 Å². The Hall–Kier alpha value is -1.26. The van der Waals surface area contributed by atoms with Gasteiger partial charge in [0.25, 0.3) is 0 Å². The van der Waals surface area contributed by atoms with Crippen LogP contribution in [0.1, 0.15) is 52.9 Å². The number of hydrogen-bond acceptors (Lipinski definition) is 2. The van der Waals surface area contributed by atoms with E-state index in [-0.39, 0.29) is 5.91 Å². The number of nitrogens with zero attached hydrogens (tertiary/aromatic N) is 2. The molecule has 120 valence electrons. The summed E-state index contributed by atoms with van der Waals surface area (Å²) in [6.45, 7) is 10.4. The first-order valence-electron chi connectivity index (χ1n) is 8.33. The number of nitrogens with one attached hydrogen (secondary N) is 2. The Morgan fingerprint density at radius 2 is 2.14 bits per heavy atom. The van der Waals surface area contributed by atoms with Crippen LogP contribution in [0.4, 0.5) is 0 Å². The molecule has 2 N–H and O–H groups in total. The molecule has 0 aromatic carbocycles. The summed E-state index contributed by atoms with van der Waals surface area (Å²) in [5, 5.41) is 6.39. The van der Waals surface area contributed by atoms with Crippen LogP contribution in [0.2, 0.25) is 0 Å². The van der Waals surface area contributed by atoms with Gasteiger partial charge in [-0.05, 0) is 38.0 Å². The monoisotopic (exact) mass is 294 g/mol. The molecule has 2 aliphatic rings. The largest absolute Gasteiger partial charge is 0.357 e. The van der Waals surface area contributed by atoms with E-state index in [1.165, 1.54) is 6.42 Å². The van der Waals surface area contributed by atoms with Crippen molar-refractivity contribution in [2.24, 2.45) is 10.4 Å². The highest BCUT2D eigenvalue weighted by Crippen LogP contribution is 2.28. The first kappa shape index (κ1) is 16.1. The summed E-state index contributed by atoms with van der Waals surface area (Å²) in [4.78, 5) is 18.6. The molecule has 2 rings (SSSR count). The van der Waals surface area contributed by atoms with Crippen molar-refractivity contribution in [1.82, 2.24) is 15.5 Å². The van der Waals surface area contributed by atoms with Crippen LogP contribution in [0.15, 0.2) is 4.99 Å². The number of carbonyl (C=O) groups is 1. The quantitative estimate of drug-likeness (QED) is 0.446. The summed E-state index contributed by atoms with van der Waals surface area (Å²) in [6.07, 6.45) is 4.93. The van der Waals surface area contributed by atoms with E-state index in [1.807, 2.05) is 0 Å². The smallest absolute Gasteiger partial charge is 0.220 e. The fraction of sp³-hybridized carbons (Fsp3) is 0.875. The van der Waals surface area contributed by atoms with Gasteiger partial charge < -0.3 is 15.5 Å². The van der Waals surface area contributed by atoms with Gasteiger partial charge in [0.2, 0.25) is 5.91 Å². The number of likely N-dealkylation sites (tertiary alicyclic amines) is 1. The Morgan fingerprint density at radius 3 is 2.71 bits per heavy atom. The third-order valence-electron chi connectivity index (χ3n) is 4.08. The normalized spacial score (nSPS) is 21.5. The van der Waals surface area contributed by atoms with Crippen molar-refractivity contribution in [3.05, 3.63) is 0 Å². The number of carbonyl (C=O) groups excluding carboxylic acids is 1. The van der Waals surface area contributed by atoms with Gasteiger partial charge in [-0.3, -0.25) is 9.79 Å². The lowest BCUT2D eigenvalue weighted by Crippen LogP contribution is -2.40. The third kappa shape index (κ3) is 5.56. The van der Waals surface area contributed by atoms with Crippen LogP contribution in [-0.2, 0) is 4.79 Å². The molecule has 1 aliphatic carbocycles. The van der Waals surface area contributed by atoms with Gasteiger partial charge in [0.15, 0.2) is 5.96 Å². The van der Waals surface area contributed by atoms with Gasteiger partial charge in [0.1, 0.15) is 0 Å². The Labute approximate surface area is 128 Å². The maximum Gasteiger partial charge on any atom is 0.220 e. The number of guanidine groups is 1. The Morgan fingerprint density at radius 1 is 1.38 bits per heavy atom. The molecular formula is C16H30N4O. The second kappa shape index (κ2) is 7.14. The van der Waals surface area contributed by atoms with E-state index in [0.717, 1.165) is 51.4 Å². The summed E-state index contributed by atoms with van der Waals surface area (Å²) >= 11 is 0. The van der Waals surface area contributed by atoms with Gasteiger partial charge in [-0.15, -0.1) is 0 Å². The van der Waals surface area contributed by atoms with Gasteiger partial charge in [-0.1, -0.05) is 13.8 Å². The molecule has 1 aliphatic heterocycles. The van der Waals surface area contributed by atoms with E-state index in [1.54, 1.807) is 0 Å². The third-order valence-corrected chi connectivity index (χ3v) is 4.08. The summed E-state index contributed by atoms with van der Waals surface area (Å²) in [7, 11) is 0. The molecule has 1 saturated carbocycles. The molecule has 0 radical (unpaired) electrons. The van der Waals surface area contributed by atoms with E-state index in [2.05, 4.69) is 41.3 Å². The number of amides is 1. The maximum absolute atomic E-state index is 11.6. The number of rotatable bonds is 6. The Kier molecular flexibility index (Phi) is 5.48. The summed E-state index contributed by atoms with van der Waals surface area (Å²) in [5.74, 6) is 1.19. The molecule has 0 bridgehead atoms. The van der Waals surface area contributed by atoms with Crippen LogP contribution in [0.5, 0.6) is 0 Å². The molecule has 0 aromatic rings. The number of hydrogen-bond donors (Lipinski definition) is 2. The van der Waals surface area contributed by atoms with Crippen molar-refractivity contribution < 1.29 is 4.79 Å². The standard InChI is InChI=1S/C16H30N4O/c1-4-17-15(20-11-9-16(2,3)12-20)18-10-5-6-14(21)19-13-7-8-13/h13H,4-12H2,1-3H3,(H,17,18)(H,19,21). The van der Waals surface area contributed by atoms with Crippen molar-refractivity contribution in [3.63, 3.8) is 0 Å². The molecule has 5 nitrogen and oxygen atoms in total. The highest BCUT2D eigenvalue weighted by atomic mass is 16.1. The Balaban J connectivity index is 1.73. The molecule has 1 saturated heterocycles. The van der Waals surface area contributed by atoms with Crippen LogP contribution in [0.3, 0.4) is 0 Å². The average molecular weight is 294 g/mol. The molecule has 0 spiro atoms. The molecule has 2 fully saturated rings. The van der Waals surface area contributed by atoms with Crippen LogP contribution in [-0.4, -0.2) is 49.0 Å². The SMILES string of the molecule is CCNC(=NCCCC(=O)NC1CC1)N1CCC(C)(C)C1. The van der Waals surface area contributed by atoms with Gasteiger partial charge in [0, 0.05) is 38.6 Å². The molecule has 0 unspecified atom stereocenters. The molecule has 5 heteroatoms. The molecule has 0 atom stereocenters. The zero-order chi connectivity index (χ0) is 15.3. The average Bonchev–Trinajstić information content (AvgIpc) is 3.15. The highest BCUT2D eigenvalue weighted by molar-refractivity contribution is 5.80. The summed E-state index contributed by atoms with van der Waals surface area (Å²) < 4.78 is 0. The van der Waals surface area contributed by atoms with E-state index >= 15 is 0 Å². The van der Waals surface area contributed by atoms with Crippen LogP contribution in [0.25, 0.3) is 0 Å². The van der Waals surface area contributed by atoms with E-state index in [4.69, 9.17) is 0 Å². The predicted molar refractivity (Wildman–Crippen MR) is 86.3 cm³/mol. The molecule has 1 amide bonds. The fourth-order valence-corrected chi connectivity index (χ4v) is 2.67. The predicted octanol–water partition coefficient (Wildman–Crippen LogP) is 1.74. The van der Waals surface area contributed by atoms with Crippen LogP contribution >= 0.6 is 0 Å². The Bertz CT molecular complexity index is 388. The lowest BCUT2D eigenvalue weighted by Gasteiger charge is -2.23.